The number of carbonyl (C=O) groups excluding carboxylic acids is 1. The second-order valence-corrected chi connectivity index (χ2v) is 2.21. The van der Waals surface area contributed by atoms with Crippen molar-refractivity contribution in [3.05, 3.63) is 23.2 Å². The maximum Gasteiger partial charge on any atom is 2.00 e. The molecule has 0 aliphatic rings. The number of halogens is 1. The van der Waals surface area contributed by atoms with Gasteiger partial charge in [0.2, 0.25) is 5.97 Å². The first-order valence-electron chi connectivity index (χ1n) is 2.72. The van der Waals surface area contributed by atoms with Crippen molar-refractivity contribution < 1.29 is 28.1 Å². The zero-order chi connectivity index (χ0) is 7.98. The third-order valence-electron chi connectivity index (χ3n) is 0.643. The summed E-state index contributed by atoms with van der Waals surface area (Å²) in [4.78, 5) is 10.6. The van der Waals surface area contributed by atoms with E-state index in [1.807, 2.05) is 0 Å². The van der Waals surface area contributed by atoms with Gasteiger partial charge >= 0.3 is 18.6 Å². The molecule has 0 rings (SSSR count). The van der Waals surface area contributed by atoms with Crippen LogP contribution in [0.2, 0.25) is 0 Å². The second kappa shape index (κ2) is 8.11. The molecular formula is C7H7BrO2V. The summed E-state index contributed by atoms with van der Waals surface area (Å²) in [7, 11) is 0. The van der Waals surface area contributed by atoms with Crippen LogP contribution in [0.15, 0.2) is 10.6 Å². The average molecular weight is 254 g/mol. The molecule has 59 valence electrons. The van der Waals surface area contributed by atoms with Gasteiger partial charge in [-0.3, -0.25) is 4.79 Å². The Balaban J connectivity index is 0. The van der Waals surface area contributed by atoms with Gasteiger partial charge in [-0.25, -0.2) is 22.0 Å². The number of hydrogen-bond acceptors (Lipinski definition) is 2. The van der Waals surface area contributed by atoms with Crippen LogP contribution in [0.1, 0.15) is 6.92 Å². The van der Waals surface area contributed by atoms with Crippen LogP contribution >= 0.6 is 15.9 Å². The molecule has 4 heteroatoms. The summed E-state index contributed by atoms with van der Waals surface area (Å²) in [5, 5.41) is 0. The van der Waals surface area contributed by atoms with Crippen LogP contribution in [-0.4, -0.2) is 12.6 Å². The van der Waals surface area contributed by atoms with Crippen LogP contribution in [0.3, 0.4) is 0 Å². The van der Waals surface area contributed by atoms with E-state index >= 15 is 0 Å². The van der Waals surface area contributed by atoms with Gasteiger partial charge in [0.05, 0.1) is 6.61 Å². The standard InChI is InChI=1S/C7H7BrO2.V/c1-3-6(8)5-7(9)10-4-2;/h1,3H,4H2,2H3;/q-2;+2. The Morgan fingerprint density at radius 1 is 1.82 bits per heavy atom. The first-order valence-corrected chi connectivity index (χ1v) is 3.51. The maximum absolute atomic E-state index is 10.6. The molecule has 0 unspecified atom stereocenters. The van der Waals surface area contributed by atoms with Crippen LogP contribution in [0.4, 0.5) is 0 Å². The Morgan fingerprint density at radius 2 is 2.36 bits per heavy atom. The first-order chi connectivity index (χ1) is 4.70. The summed E-state index contributed by atoms with van der Waals surface area (Å²) in [5.41, 5.74) is 0. The summed E-state index contributed by atoms with van der Waals surface area (Å²) in [6, 6.07) is 0. The number of allylic oxidation sites excluding steroid dienone is 2. The first kappa shape index (κ1) is 13.6. The molecule has 0 aliphatic heterocycles. The molecule has 1 radical (unpaired) electrons. The van der Waals surface area contributed by atoms with Gasteiger partial charge in [0.15, 0.2) is 0 Å². The Hall–Kier alpha value is 0.0144. The molecule has 0 saturated carbocycles. The molecular weight excluding hydrogens is 247 g/mol. The van der Waals surface area contributed by atoms with Crippen molar-refractivity contribution in [2.45, 2.75) is 6.92 Å². The number of ether oxygens (including phenoxy) is 1. The fourth-order valence-electron chi connectivity index (χ4n) is 0.306. The van der Waals surface area contributed by atoms with E-state index in [0.717, 1.165) is 0 Å². The third-order valence-corrected chi connectivity index (χ3v) is 1.11. The van der Waals surface area contributed by atoms with Crippen LogP contribution in [0.5, 0.6) is 0 Å². The minimum absolute atomic E-state index is 0. The van der Waals surface area contributed by atoms with Gasteiger partial charge in [0.25, 0.3) is 0 Å². The summed E-state index contributed by atoms with van der Waals surface area (Å²) in [6.45, 7) is 7.10. The number of carbonyl (C=O) groups is 1. The molecule has 0 spiro atoms. The molecule has 11 heavy (non-hydrogen) atoms. The van der Waals surface area contributed by atoms with E-state index in [2.05, 4.69) is 26.7 Å². The summed E-state index contributed by atoms with van der Waals surface area (Å²) in [5.74, 6) is -0.518. The van der Waals surface area contributed by atoms with Gasteiger partial charge in [-0.15, -0.1) is 0 Å². The monoisotopic (exact) mass is 253 g/mol. The van der Waals surface area contributed by atoms with E-state index in [4.69, 9.17) is 6.58 Å². The molecule has 0 aromatic carbocycles. The fourth-order valence-corrected chi connectivity index (χ4v) is 0.468. The number of rotatable bonds is 3. The van der Waals surface area contributed by atoms with E-state index in [9.17, 15) is 4.79 Å². The fraction of sp³-hybridized carbons (Fsp3) is 0.286. The van der Waals surface area contributed by atoms with E-state index in [0.29, 0.717) is 11.1 Å². The predicted octanol–water partition coefficient (Wildman–Crippen LogP) is 1.62. The van der Waals surface area contributed by atoms with Gasteiger partial charge in [-0.05, 0) is 6.92 Å². The Labute approximate surface area is 86.7 Å². The molecule has 0 fully saturated rings. The van der Waals surface area contributed by atoms with E-state index in [1.54, 1.807) is 6.92 Å². The molecule has 0 aliphatic carbocycles. The topological polar surface area (TPSA) is 26.3 Å². The van der Waals surface area contributed by atoms with Crippen molar-refractivity contribution in [1.29, 1.82) is 0 Å². The minimum atomic E-state index is -0.518. The Kier molecular flexibility index (Phi) is 10.0. The predicted molar refractivity (Wildman–Crippen MR) is 41.2 cm³/mol. The summed E-state index contributed by atoms with van der Waals surface area (Å²) in [6.07, 6.45) is 3.54. The number of esters is 1. The zero-order valence-corrected chi connectivity index (χ0v) is 8.99. The largest absolute Gasteiger partial charge is 2.00 e. The summed E-state index contributed by atoms with van der Waals surface area (Å²) >= 11 is 2.97. The van der Waals surface area contributed by atoms with Crippen molar-refractivity contribution in [3.8, 4) is 0 Å². The third kappa shape index (κ3) is 7.92. The van der Waals surface area contributed by atoms with Crippen LogP contribution < -0.4 is 0 Å². The van der Waals surface area contributed by atoms with Gasteiger partial charge in [0.1, 0.15) is 0 Å². The Bertz CT molecular complexity index is 166. The SMILES string of the molecule is [CH-]=CC(Br)=[C-]C(=O)OCC.[V+2]. The van der Waals surface area contributed by atoms with Crippen LogP contribution in [-0.2, 0) is 28.1 Å². The molecule has 2 nitrogen and oxygen atoms in total. The second-order valence-electron chi connectivity index (χ2n) is 1.36. The molecule has 0 N–H and O–H groups in total. The zero-order valence-electron chi connectivity index (χ0n) is 6.00. The number of hydrogen-bond donors (Lipinski definition) is 0. The molecule has 0 atom stereocenters. The van der Waals surface area contributed by atoms with Crippen LogP contribution in [0.25, 0.3) is 0 Å². The van der Waals surface area contributed by atoms with Crippen LogP contribution in [0, 0.1) is 12.7 Å². The smallest absolute Gasteiger partial charge is 0.478 e. The van der Waals surface area contributed by atoms with E-state index in [-0.39, 0.29) is 18.6 Å². The van der Waals surface area contributed by atoms with E-state index in [1.165, 1.54) is 6.08 Å². The Morgan fingerprint density at radius 3 is 2.73 bits per heavy atom. The minimum Gasteiger partial charge on any atom is -0.478 e. The van der Waals surface area contributed by atoms with Gasteiger partial charge < -0.3 is 21.9 Å². The van der Waals surface area contributed by atoms with Gasteiger partial charge in [-0.2, -0.15) is 0 Å². The molecule has 0 saturated heterocycles. The van der Waals surface area contributed by atoms with E-state index < -0.39 is 5.97 Å². The van der Waals surface area contributed by atoms with Crippen molar-refractivity contribution in [2.24, 2.45) is 0 Å². The van der Waals surface area contributed by atoms with Crippen molar-refractivity contribution >= 4 is 21.9 Å². The molecule has 0 aromatic rings. The molecule has 0 heterocycles. The van der Waals surface area contributed by atoms with Gasteiger partial charge in [-0.1, -0.05) is 0 Å². The van der Waals surface area contributed by atoms with Gasteiger partial charge in [0, 0.05) is 0 Å². The van der Waals surface area contributed by atoms with Crippen molar-refractivity contribution in [3.63, 3.8) is 0 Å². The van der Waals surface area contributed by atoms with Crippen molar-refractivity contribution in [2.75, 3.05) is 6.61 Å². The molecule has 0 amide bonds. The normalized spacial score (nSPS) is 9.82. The van der Waals surface area contributed by atoms with Crippen molar-refractivity contribution in [1.82, 2.24) is 0 Å². The average Bonchev–Trinajstić information content (AvgIpc) is 1.88. The maximum atomic E-state index is 10.6. The quantitative estimate of drug-likeness (QED) is 0.331. The summed E-state index contributed by atoms with van der Waals surface area (Å²) < 4.78 is 4.93. The molecule has 0 aromatic heterocycles. The molecule has 0 bridgehead atoms.